The summed E-state index contributed by atoms with van der Waals surface area (Å²) in [5.41, 5.74) is 0.590. The molecule has 1 N–H and O–H groups in total. The fourth-order valence-corrected chi connectivity index (χ4v) is 4.41. The number of anilines is 1. The molecule has 0 amide bonds. The molecule has 1 saturated heterocycles. The van der Waals surface area contributed by atoms with E-state index in [4.69, 9.17) is 0 Å². The van der Waals surface area contributed by atoms with Crippen molar-refractivity contribution in [1.29, 1.82) is 0 Å². The first kappa shape index (κ1) is 22.0. The number of likely N-dealkylation sites (N-methyl/N-ethyl adjacent to an activating group) is 1. The molecule has 2 heterocycles. The van der Waals surface area contributed by atoms with Crippen LogP contribution in [0.25, 0.3) is 10.9 Å². The maximum atomic E-state index is 15.3. The predicted octanol–water partition coefficient (Wildman–Crippen LogP) is 4.09. The molecular weight excluding hydrogens is 409 g/mol. The summed E-state index contributed by atoms with van der Waals surface area (Å²) in [5, 5.41) is 9.56. The highest BCUT2D eigenvalue weighted by Crippen LogP contribution is 2.32. The molecule has 0 aliphatic carbocycles. The molecule has 3 aromatic rings. The second-order valence-electron chi connectivity index (χ2n) is 9.39. The minimum Gasteiger partial charge on any atom is -0.477 e. The number of rotatable bonds is 3. The molecule has 6 nitrogen and oxygen atoms in total. The Bertz CT molecular complexity index is 1230. The third-order valence-electron chi connectivity index (χ3n) is 6.20. The molecule has 2 aromatic carbocycles. The van der Waals surface area contributed by atoms with Crippen LogP contribution in [0, 0.1) is 5.82 Å². The third kappa shape index (κ3) is 3.88. The van der Waals surface area contributed by atoms with E-state index in [2.05, 4.69) is 24.1 Å². The molecule has 0 saturated carbocycles. The molecule has 1 aromatic heterocycles. The van der Waals surface area contributed by atoms with Gasteiger partial charge in [-0.3, -0.25) is 9.69 Å². The Balaban J connectivity index is 1.85. The number of aromatic carboxylic acids is 1. The van der Waals surface area contributed by atoms with Gasteiger partial charge >= 0.3 is 5.97 Å². The quantitative estimate of drug-likeness (QED) is 0.669. The summed E-state index contributed by atoms with van der Waals surface area (Å²) in [6.45, 7) is 7.79. The van der Waals surface area contributed by atoms with Gasteiger partial charge < -0.3 is 14.6 Å². The summed E-state index contributed by atoms with van der Waals surface area (Å²) in [5.74, 6) is -1.84. The molecule has 1 aliphatic rings. The number of halogens is 1. The second-order valence-corrected chi connectivity index (χ2v) is 9.39. The Morgan fingerprint density at radius 3 is 2.44 bits per heavy atom. The van der Waals surface area contributed by atoms with Crippen LogP contribution in [-0.4, -0.2) is 47.2 Å². The van der Waals surface area contributed by atoms with E-state index in [-0.39, 0.29) is 17.0 Å². The fraction of sp³-hybridized carbons (Fsp3) is 0.360. The molecule has 168 valence electrons. The maximum Gasteiger partial charge on any atom is 0.341 e. The number of pyridine rings is 1. The highest BCUT2D eigenvalue weighted by molar-refractivity contribution is 5.93. The minimum absolute atomic E-state index is 0.0785. The Kier molecular flexibility index (Phi) is 5.54. The Morgan fingerprint density at radius 1 is 1.12 bits per heavy atom. The zero-order valence-electron chi connectivity index (χ0n) is 18.8. The van der Waals surface area contributed by atoms with Crippen molar-refractivity contribution >= 4 is 22.6 Å². The third-order valence-corrected chi connectivity index (χ3v) is 6.20. The molecule has 32 heavy (non-hydrogen) atoms. The topological polar surface area (TPSA) is 65.8 Å². The van der Waals surface area contributed by atoms with Crippen molar-refractivity contribution in [3.05, 3.63) is 75.8 Å². The van der Waals surface area contributed by atoms with Crippen LogP contribution in [0.2, 0.25) is 0 Å². The van der Waals surface area contributed by atoms with Crippen LogP contribution < -0.4 is 10.3 Å². The Labute approximate surface area is 186 Å². The number of nitrogens with zero attached hydrogens (tertiary/aromatic N) is 3. The highest BCUT2D eigenvalue weighted by atomic mass is 19.1. The Morgan fingerprint density at radius 2 is 1.81 bits per heavy atom. The van der Waals surface area contributed by atoms with Gasteiger partial charge in [-0.05, 0) is 45.5 Å². The first-order valence-electron chi connectivity index (χ1n) is 10.7. The summed E-state index contributed by atoms with van der Waals surface area (Å²) < 4.78 is 17.1. The second kappa shape index (κ2) is 8.06. The van der Waals surface area contributed by atoms with Gasteiger partial charge in [-0.2, -0.15) is 0 Å². The number of hydrogen-bond donors (Lipinski definition) is 1. The average molecular weight is 438 g/mol. The lowest BCUT2D eigenvalue weighted by Crippen LogP contribution is -2.47. The number of carboxylic acids is 1. The van der Waals surface area contributed by atoms with E-state index < -0.39 is 22.8 Å². The molecule has 0 bridgehead atoms. The van der Waals surface area contributed by atoms with Crippen LogP contribution in [0.1, 0.15) is 42.7 Å². The van der Waals surface area contributed by atoms with Gasteiger partial charge in [0.2, 0.25) is 5.43 Å². The van der Waals surface area contributed by atoms with Crippen molar-refractivity contribution in [2.45, 2.75) is 32.4 Å². The summed E-state index contributed by atoms with van der Waals surface area (Å²) in [7, 11) is 2.07. The van der Waals surface area contributed by atoms with Crippen LogP contribution in [0.3, 0.4) is 0 Å². The van der Waals surface area contributed by atoms with E-state index in [9.17, 15) is 14.7 Å². The number of fused-ring (bicyclic) bond motifs is 1. The van der Waals surface area contributed by atoms with Crippen LogP contribution in [0.4, 0.5) is 10.1 Å². The van der Waals surface area contributed by atoms with Gasteiger partial charge in [0.05, 0.1) is 17.2 Å². The van der Waals surface area contributed by atoms with Crippen LogP contribution >= 0.6 is 0 Å². The van der Waals surface area contributed by atoms with E-state index in [1.165, 1.54) is 17.8 Å². The monoisotopic (exact) mass is 437 g/mol. The van der Waals surface area contributed by atoms with Crippen LogP contribution in [-0.2, 0) is 5.54 Å². The number of benzene rings is 2. The zero-order valence-corrected chi connectivity index (χ0v) is 18.8. The summed E-state index contributed by atoms with van der Waals surface area (Å²) >= 11 is 0. The standard InChI is InChI=1S/C25H28FN3O3/c1-25(2,3)29-14-18(24(31)32)23(30)17-12-19(26)21(13-20(17)29)28-11-10-27(4)22(15-28)16-8-6-5-7-9-16/h5-9,12-14,22H,10-11,15H2,1-4H3,(H,31,32). The molecule has 7 heteroatoms. The number of piperazine rings is 1. The van der Waals surface area contributed by atoms with Gasteiger partial charge in [-0.15, -0.1) is 0 Å². The molecule has 1 aliphatic heterocycles. The first-order valence-corrected chi connectivity index (χ1v) is 10.7. The highest BCUT2D eigenvalue weighted by Gasteiger charge is 2.29. The van der Waals surface area contributed by atoms with Crippen molar-refractivity contribution in [3.63, 3.8) is 0 Å². The fourth-order valence-electron chi connectivity index (χ4n) is 4.41. The van der Waals surface area contributed by atoms with Crippen molar-refractivity contribution in [2.75, 3.05) is 31.6 Å². The van der Waals surface area contributed by atoms with Gasteiger partial charge in [-0.25, -0.2) is 9.18 Å². The number of carbonyl (C=O) groups is 1. The van der Waals surface area contributed by atoms with Gasteiger partial charge in [-0.1, -0.05) is 30.3 Å². The Hall–Kier alpha value is -3.19. The predicted molar refractivity (Wildman–Crippen MR) is 124 cm³/mol. The van der Waals surface area contributed by atoms with Crippen molar-refractivity contribution in [3.8, 4) is 0 Å². The number of aromatic nitrogens is 1. The van der Waals surface area contributed by atoms with E-state index in [1.807, 2.05) is 43.9 Å². The molecular formula is C25H28FN3O3. The maximum absolute atomic E-state index is 15.3. The van der Waals surface area contributed by atoms with E-state index >= 15 is 4.39 Å². The lowest BCUT2D eigenvalue weighted by atomic mass is 10.0. The van der Waals surface area contributed by atoms with Gasteiger partial charge in [0.1, 0.15) is 11.4 Å². The van der Waals surface area contributed by atoms with E-state index in [1.54, 1.807) is 10.6 Å². The summed E-state index contributed by atoms with van der Waals surface area (Å²) in [6, 6.07) is 13.1. The van der Waals surface area contributed by atoms with Gasteiger partial charge in [0, 0.05) is 36.8 Å². The first-order chi connectivity index (χ1) is 15.1. The molecule has 1 atom stereocenters. The lowest BCUT2D eigenvalue weighted by molar-refractivity contribution is 0.0694. The number of carboxylic acid groups (broad SMARTS) is 1. The van der Waals surface area contributed by atoms with Crippen LogP contribution in [0.5, 0.6) is 0 Å². The van der Waals surface area contributed by atoms with Gasteiger partial charge in [0.25, 0.3) is 0 Å². The molecule has 1 fully saturated rings. The molecule has 4 rings (SSSR count). The number of hydrogen-bond acceptors (Lipinski definition) is 4. The molecule has 0 radical (unpaired) electrons. The van der Waals surface area contributed by atoms with Crippen molar-refractivity contribution in [2.24, 2.45) is 0 Å². The molecule has 1 unspecified atom stereocenters. The SMILES string of the molecule is CN1CCN(c2cc3c(cc2F)c(=O)c(C(=O)O)cn3C(C)(C)C)CC1c1ccccc1. The largest absolute Gasteiger partial charge is 0.477 e. The van der Waals surface area contributed by atoms with Crippen LogP contribution in [0.15, 0.2) is 53.5 Å². The smallest absolute Gasteiger partial charge is 0.341 e. The summed E-state index contributed by atoms with van der Waals surface area (Å²) in [4.78, 5) is 28.7. The minimum atomic E-state index is -1.32. The summed E-state index contributed by atoms with van der Waals surface area (Å²) in [6.07, 6.45) is 1.37. The van der Waals surface area contributed by atoms with Crippen molar-refractivity contribution < 1.29 is 14.3 Å². The zero-order chi connectivity index (χ0) is 23.2. The lowest BCUT2D eigenvalue weighted by Gasteiger charge is -2.41. The van der Waals surface area contributed by atoms with E-state index in [0.29, 0.717) is 24.3 Å². The average Bonchev–Trinajstić information content (AvgIpc) is 2.74. The van der Waals surface area contributed by atoms with E-state index in [0.717, 1.165) is 6.54 Å². The molecule has 0 spiro atoms. The normalized spacial score (nSPS) is 17.7. The van der Waals surface area contributed by atoms with Gasteiger partial charge in [0.15, 0.2) is 0 Å². The van der Waals surface area contributed by atoms with Crippen molar-refractivity contribution in [1.82, 2.24) is 9.47 Å².